The van der Waals surface area contributed by atoms with E-state index in [4.69, 9.17) is 5.73 Å². The number of rotatable bonds is 7. The maximum atomic E-state index is 13.6. The van der Waals surface area contributed by atoms with Gasteiger partial charge in [-0.15, -0.1) is 0 Å². The number of hydrogen-bond donors (Lipinski definition) is 3. The van der Waals surface area contributed by atoms with Crippen molar-refractivity contribution in [2.24, 2.45) is 28.9 Å². The predicted octanol–water partition coefficient (Wildman–Crippen LogP) is 2.08. The number of hydrogen-bond acceptors (Lipinski definition) is 6. The van der Waals surface area contributed by atoms with E-state index in [1.165, 1.54) is 13.3 Å². The van der Waals surface area contributed by atoms with Crippen LogP contribution in [-0.4, -0.2) is 56.2 Å². The van der Waals surface area contributed by atoms with Crippen LogP contribution in [0.3, 0.4) is 0 Å². The summed E-state index contributed by atoms with van der Waals surface area (Å²) in [7, 11) is 1.31. The Morgan fingerprint density at radius 2 is 1.92 bits per heavy atom. The van der Waals surface area contributed by atoms with Gasteiger partial charge in [0, 0.05) is 30.1 Å². The molecule has 4 N–H and O–H groups in total. The van der Waals surface area contributed by atoms with Crippen molar-refractivity contribution in [3.8, 4) is 5.82 Å². The number of nitrogens with zero attached hydrogens (tertiary/aromatic N) is 4. The van der Waals surface area contributed by atoms with Gasteiger partial charge in [0.15, 0.2) is 5.82 Å². The molecule has 2 aromatic heterocycles. The molecule has 36 heavy (non-hydrogen) atoms. The fourth-order valence-electron chi connectivity index (χ4n) is 6.65. The second-order valence-corrected chi connectivity index (χ2v) is 11.0. The summed E-state index contributed by atoms with van der Waals surface area (Å²) in [5.41, 5.74) is 5.08. The number of nitrogens with one attached hydrogen (secondary N) is 2. The highest BCUT2D eigenvalue weighted by molar-refractivity contribution is 5.97. The summed E-state index contributed by atoms with van der Waals surface area (Å²) in [5.74, 6) is 1.09. The van der Waals surface area contributed by atoms with Gasteiger partial charge in [-0.2, -0.15) is 10.2 Å². The smallest absolute Gasteiger partial charge is 0.407 e. The molecule has 0 aromatic carbocycles. The van der Waals surface area contributed by atoms with Crippen LogP contribution in [0.5, 0.6) is 0 Å². The van der Waals surface area contributed by atoms with Gasteiger partial charge in [-0.3, -0.25) is 9.59 Å². The van der Waals surface area contributed by atoms with Gasteiger partial charge in [-0.05, 0) is 75.8 Å². The van der Waals surface area contributed by atoms with Gasteiger partial charge < -0.3 is 21.1 Å². The van der Waals surface area contributed by atoms with E-state index < -0.39 is 17.0 Å². The average molecular weight is 496 g/mol. The molecule has 3 amide bonds. The third kappa shape index (κ3) is 4.27. The van der Waals surface area contributed by atoms with Gasteiger partial charge in [-0.1, -0.05) is 0 Å². The third-order valence-electron chi connectivity index (χ3n) is 8.07. The molecule has 2 aromatic rings. The maximum Gasteiger partial charge on any atom is 0.407 e. The minimum atomic E-state index is -0.723. The molecule has 0 aliphatic heterocycles. The first-order valence-electron chi connectivity index (χ1n) is 12.3. The summed E-state index contributed by atoms with van der Waals surface area (Å²) in [5, 5.41) is 14.7. The van der Waals surface area contributed by atoms with Crippen molar-refractivity contribution in [1.29, 1.82) is 0 Å². The zero-order chi connectivity index (χ0) is 25.7. The number of nitrogens with two attached hydrogens (primary N) is 1. The Kier molecular flexibility index (Phi) is 5.88. The van der Waals surface area contributed by atoms with Crippen molar-refractivity contribution in [3.63, 3.8) is 0 Å². The van der Waals surface area contributed by atoms with Crippen LogP contribution in [0, 0.1) is 23.2 Å². The Morgan fingerprint density at radius 3 is 2.53 bits per heavy atom. The first-order valence-corrected chi connectivity index (χ1v) is 12.3. The molecule has 2 heterocycles. The van der Waals surface area contributed by atoms with Crippen molar-refractivity contribution in [3.05, 3.63) is 36.3 Å². The van der Waals surface area contributed by atoms with Crippen molar-refractivity contribution >= 4 is 24.1 Å². The Morgan fingerprint density at radius 1 is 1.19 bits per heavy atom. The lowest BCUT2D eigenvalue weighted by Gasteiger charge is -2.58. The first kappa shape index (κ1) is 24.1. The van der Waals surface area contributed by atoms with Crippen LogP contribution in [0.25, 0.3) is 12.0 Å². The SMILES string of the molecule is COC(=O)NC(C)(C)/C=C/n1ncc(C(=O)N[C@H]2C3CC4CC2C[C@](C(N)=O)(C4)C3)c1-n1cccn1. The second-order valence-electron chi connectivity index (χ2n) is 11.0. The van der Waals surface area contributed by atoms with Gasteiger partial charge in [-0.25, -0.2) is 14.2 Å². The lowest BCUT2D eigenvalue weighted by molar-refractivity contribution is -0.145. The molecule has 0 saturated heterocycles. The van der Waals surface area contributed by atoms with Crippen molar-refractivity contribution in [2.75, 3.05) is 7.11 Å². The third-order valence-corrected chi connectivity index (χ3v) is 8.07. The highest BCUT2D eigenvalue weighted by atomic mass is 16.5. The van der Waals surface area contributed by atoms with E-state index in [-0.39, 0.29) is 29.7 Å². The lowest BCUT2D eigenvalue weighted by Crippen LogP contribution is -2.62. The topological polar surface area (TPSA) is 146 Å². The first-order chi connectivity index (χ1) is 17.1. The number of primary amides is 1. The molecule has 4 fully saturated rings. The number of alkyl carbamates (subject to hydrolysis) is 1. The Bertz CT molecular complexity index is 1180. The minimum absolute atomic E-state index is 0.00841. The van der Waals surface area contributed by atoms with E-state index in [0.717, 1.165) is 32.1 Å². The fraction of sp³-hybridized carbons (Fsp3) is 0.560. The Hall–Kier alpha value is -3.63. The average Bonchev–Trinajstić information content (AvgIpc) is 3.48. The summed E-state index contributed by atoms with van der Waals surface area (Å²) >= 11 is 0. The normalized spacial score (nSPS) is 28.9. The summed E-state index contributed by atoms with van der Waals surface area (Å²) < 4.78 is 7.84. The van der Waals surface area contributed by atoms with E-state index in [9.17, 15) is 14.4 Å². The van der Waals surface area contributed by atoms with E-state index in [1.807, 2.05) is 13.8 Å². The molecule has 4 aliphatic carbocycles. The molecule has 6 rings (SSSR count). The van der Waals surface area contributed by atoms with E-state index in [2.05, 4.69) is 25.6 Å². The van der Waals surface area contributed by atoms with Crippen molar-refractivity contribution in [1.82, 2.24) is 30.2 Å². The summed E-state index contributed by atoms with van der Waals surface area (Å²) in [4.78, 5) is 37.5. The molecule has 0 radical (unpaired) electrons. The molecule has 11 nitrogen and oxygen atoms in total. The maximum absolute atomic E-state index is 13.6. The molecular weight excluding hydrogens is 462 g/mol. The highest BCUT2D eigenvalue weighted by Gasteiger charge is 2.58. The zero-order valence-electron chi connectivity index (χ0n) is 20.8. The molecule has 4 bridgehead atoms. The molecule has 4 aliphatic rings. The molecule has 2 atom stereocenters. The zero-order valence-corrected chi connectivity index (χ0v) is 20.8. The minimum Gasteiger partial charge on any atom is -0.453 e. The summed E-state index contributed by atoms with van der Waals surface area (Å²) in [6.07, 6.45) is 12.2. The molecule has 2 unspecified atom stereocenters. The standard InChI is InChI=1S/C25H33N7O4/c1-24(2,30-23(35)36-3)5-8-32-21(31-7-4-6-27-31)18(14-28-32)20(33)29-19-16-9-15-10-17(19)13-25(11-15,12-16)22(26)34/h4-8,14-17,19H,9-13H2,1-3H3,(H2,26,34)(H,29,33)(H,30,35)/b8-5+/t15?,16?,17?,19-,25-. The van der Waals surface area contributed by atoms with Crippen LogP contribution in [0.1, 0.15) is 56.3 Å². The van der Waals surface area contributed by atoms with Gasteiger partial charge in [0.05, 0.1) is 18.8 Å². The van der Waals surface area contributed by atoms with Crippen LogP contribution in [0.2, 0.25) is 0 Å². The lowest BCUT2D eigenvalue weighted by atomic mass is 9.47. The number of amides is 3. The van der Waals surface area contributed by atoms with Gasteiger partial charge >= 0.3 is 6.09 Å². The highest BCUT2D eigenvalue weighted by Crippen LogP contribution is 2.59. The van der Waals surface area contributed by atoms with Crippen molar-refractivity contribution < 1.29 is 19.1 Å². The molecule has 192 valence electrons. The van der Waals surface area contributed by atoms with Crippen LogP contribution >= 0.6 is 0 Å². The number of methoxy groups -OCH3 is 1. The summed E-state index contributed by atoms with van der Waals surface area (Å²) in [6.45, 7) is 3.63. The van der Waals surface area contributed by atoms with Crippen LogP contribution in [-0.2, 0) is 9.53 Å². The van der Waals surface area contributed by atoms with E-state index in [0.29, 0.717) is 17.3 Å². The molecule has 0 spiro atoms. The molecule has 11 heteroatoms. The number of aromatic nitrogens is 4. The number of carbonyl (C=O) groups excluding carboxylic acids is 3. The Labute approximate surface area is 209 Å². The van der Waals surface area contributed by atoms with Crippen LogP contribution < -0.4 is 16.4 Å². The molecule has 4 saturated carbocycles. The second kappa shape index (κ2) is 8.79. The Balaban J connectivity index is 1.39. The predicted molar refractivity (Wildman–Crippen MR) is 131 cm³/mol. The largest absolute Gasteiger partial charge is 0.453 e. The molecular formula is C25H33N7O4. The van der Waals surface area contributed by atoms with Gasteiger partial charge in [0.25, 0.3) is 5.91 Å². The fourth-order valence-corrected chi connectivity index (χ4v) is 6.65. The van der Waals surface area contributed by atoms with Gasteiger partial charge in [0.1, 0.15) is 5.56 Å². The monoisotopic (exact) mass is 495 g/mol. The summed E-state index contributed by atoms with van der Waals surface area (Å²) in [6, 6.07) is 1.78. The number of ether oxygens (including phenoxy) is 1. The van der Waals surface area contributed by atoms with E-state index >= 15 is 0 Å². The number of carbonyl (C=O) groups is 3. The van der Waals surface area contributed by atoms with Crippen molar-refractivity contribution in [2.45, 2.75) is 57.5 Å². The van der Waals surface area contributed by atoms with Crippen LogP contribution in [0.15, 0.2) is 30.7 Å². The quantitative estimate of drug-likeness (QED) is 0.536. The van der Waals surface area contributed by atoms with E-state index in [1.54, 1.807) is 40.1 Å². The van der Waals surface area contributed by atoms with Crippen LogP contribution in [0.4, 0.5) is 4.79 Å². The van der Waals surface area contributed by atoms with Gasteiger partial charge in [0.2, 0.25) is 5.91 Å².